The van der Waals surface area contributed by atoms with E-state index in [2.05, 4.69) is 52.3 Å². The van der Waals surface area contributed by atoms with Gasteiger partial charge in [-0.15, -0.1) is 11.3 Å². The Kier molecular flexibility index (Phi) is 5.13. The molecule has 0 N–H and O–H groups in total. The number of rotatable bonds is 5. The van der Waals surface area contributed by atoms with Crippen LogP contribution in [-0.4, -0.2) is 18.0 Å². The van der Waals surface area contributed by atoms with Crippen molar-refractivity contribution in [2.24, 2.45) is 0 Å². The number of hydrogen-bond donors (Lipinski definition) is 0. The predicted molar refractivity (Wildman–Crippen MR) is 83.1 cm³/mol. The van der Waals surface area contributed by atoms with E-state index in [0.717, 1.165) is 23.0 Å². The number of nitrogens with zero attached hydrogens (tertiary/aromatic N) is 1. The van der Waals surface area contributed by atoms with E-state index in [1.807, 2.05) is 6.07 Å². The van der Waals surface area contributed by atoms with Crippen molar-refractivity contribution in [2.75, 3.05) is 7.05 Å². The zero-order valence-electron chi connectivity index (χ0n) is 11.1. The Bertz CT molecular complexity index is 527. The van der Waals surface area contributed by atoms with Crippen molar-refractivity contribution in [1.82, 2.24) is 4.90 Å². The highest BCUT2D eigenvalue weighted by Gasteiger charge is 2.12. The lowest BCUT2D eigenvalue weighted by atomic mass is 10.1. The second-order valence-electron chi connectivity index (χ2n) is 4.78. The summed E-state index contributed by atoms with van der Waals surface area (Å²) in [5.74, 6) is -0.204. The third-order valence-corrected chi connectivity index (χ3v) is 4.90. The molecule has 0 radical (unpaired) electrons. The lowest BCUT2D eigenvalue weighted by molar-refractivity contribution is 0.248. The van der Waals surface area contributed by atoms with Crippen molar-refractivity contribution in [3.05, 3.63) is 56.4 Å². The van der Waals surface area contributed by atoms with E-state index in [-0.39, 0.29) is 5.82 Å². The summed E-state index contributed by atoms with van der Waals surface area (Å²) < 4.78 is 13.9. The van der Waals surface area contributed by atoms with Crippen LogP contribution in [0.4, 0.5) is 4.39 Å². The van der Waals surface area contributed by atoms with E-state index in [0.29, 0.717) is 6.04 Å². The largest absolute Gasteiger partial charge is 0.299 e. The lowest BCUT2D eigenvalue weighted by Crippen LogP contribution is -2.30. The minimum absolute atomic E-state index is 0.204. The first-order valence-corrected chi connectivity index (χ1v) is 7.90. The van der Waals surface area contributed by atoms with Gasteiger partial charge in [0.25, 0.3) is 0 Å². The van der Waals surface area contributed by atoms with Gasteiger partial charge in [0.1, 0.15) is 5.82 Å². The van der Waals surface area contributed by atoms with Crippen molar-refractivity contribution in [3.8, 4) is 0 Å². The zero-order valence-corrected chi connectivity index (χ0v) is 13.5. The quantitative estimate of drug-likeness (QED) is 0.760. The second kappa shape index (κ2) is 6.64. The van der Waals surface area contributed by atoms with E-state index >= 15 is 0 Å². The van der Waals surface area contributed by atoms with Crippen molar-refractivity contribution < 1.29 is 4.39 Å². The molecule has 0 bridgehead atoms. The van der Waals surface area contributed by atoms with Crippen LogP contribution in [0.1, 0.15) is 17.4 Å². The predicted octanol–water partition coefficient (Wildman–Crippen LogP) is 4.71. The molecule has 1 unspecified atom stereocenters. The van der Waals surface area contributed by atoms with E-state index in [1.165, 1.54) is 17.0 Å². The van der Waals surface area contributed by atoms with Gasteiger partial charge in [-0.1, -0.05) is 28.1 Å². The van der Waals surface area contributed by atoms with Gasteiger partial charge in [-0.2, -0.15) is 0 Å². The third kappa shape index (κ3) is 4.13. The maximum atomic E-state index is 13.1. The Balaban J connectivity index is 1.98. The van der Waals surface area contributed by atoms with Gasteiger partial charge in [0, 0.05) is 21.9 Å². The van der Waals surface area contributed by atoms with Crippen LogP contribution in [0.15, 0.2) is 40.2 Å². The standard InChI is InChI=1S/C15H17BrFNS/c1-11(8-14-4-3-7-19-14)18(2)10-12-5-6-13(17)9-15(12)16/h3-7,9,11H,8,10H2,1-2H3. The Morgan fingerprint density at radius 2 is 2.16 bits per heavy atom. The van der Waals surface area contributed by atoms with Crippen LogP contribution < -0.4 is 0 Å². The van der Waals surface area contributed by atoms with E-state index in [4.69, 9.17) is 0 Å². The minimum Gasteiger partial charge on any atom is -0.299 e. The highest BCUT2D eigenvalue weighted by atomic mass is 79.9. The molecule has 0 saturated carbocycles. The van der Waals surface area contributed by atoms with Crippen LogP contribution in [0.25, 0.3) is 0 Å². The number of likely N-dealkylation sites (N-methyl/N-ethyl adjacent to an activating group) is 1. The molecule has 0 spiro atoms. The maximum Gasteiger partial charge on any atom is 0.124 e. The highest BCUT2D eigenvalue weighted by Crippen LogP contribution is 2.21. The molecule has 0 aliphatic carbocycles. The Morgan fingerprint density at radius 1 is 1.37 bits per heavy atom. The van der Waals surface area contributed by atoms with Crippen LogP contribution in [0.5, 0.6) is 0 Å². The van der Waals surface area contributed by atoms with Gasteiger partial charge >= 0.3 is 0 Å². The molecule has 0 aliphatic rings. The molecule has 0 amide bonds. The minimum atomic E-state index is -0.204. The molecule has 0 saturated heterocycles. The van der Waals surface area contributed by atoms with Crippen molar-refractivity contribution in [1.29, 1.82) is 0 Å². The SMILES string of the molecule is CC(Cc1cccs1)N(C)Cc1ccc(F)cc1Br. The Morgan fingerprint density at radius 3 is 2.79 bits per heavy atom. The molecule has 19 heavy (non-hydrogen) atoms. The topological polar surface area (TPSA) is 3.24 Å². The van der Waals surface area contributed by atoms with Crippen molar-refractivity contribution >= 4 is 27.3 Å². The van der Waals surface area contributed by atoms with Gasteiger partial charge in [0.15, 0.2) is 0 Å². The first kappa shape index (κ1) is 14.7. The molecule has 4 heteroatoms. The fraction of sp³-hybridized carbons (Fsp3) is 0.333. The van der Waals surface area contributed by atoms with Gasteiger partial charge in [0.05, 0.1) is 0 Å². The van der Waals surface area contributed by atoms with Crippen molar-refractivity contribution in [2.45, 2.75) is 25.9 Å². The molecule has 2 rings (SSSR count). The third-order valence-electron chi connectivity index (χ3n) is 3.26. The number of halogens is 2. The summed E-state index contributed by atoms with van der Waals surface area (Å²) in [6.45, 7) is 3.03. The number of thiophene rings is 1. The summed E-state index contributed by atoms with van der Waals surface area (Å²) in [6, 6.07) is 9.58. The summed E-state index contributed by atoms with van der Waals surface area (Å²) >= 11 is 5.22. The average molecular weight is 342 g/mol. The molecule has 1 heterocycles. The zero-order chi connectivity index (χ0) is 13.8. The van der Waals surface area contributed by atoms with Crippen LogP contribution >= 0.6 is 27.3 Å². The van der Waals surface area contributed by atoms with Gasteiger partial charge in [-0.05, 0) is 49.5 Å². The lowest BCUT2D eigenvalue weighted by Gasteiger charge is -2.24. The first-order chi connectivity index (χ1) is 9.06. The van der Waals surface area contributed by atoms with Crippen LogP contribution in [0.2, 0.25) is 0 Å². The molecular weight excluding hydrogens is 325 g/mol. The summed E-state index contributed by atoms with van der Waals surface area (Å²) in [5.41, 5.74) is 1.11. The highest BCUT2D eigenvalue weighted by molar-refractivity contribution is 9.10. The summed E-state index contributed by atoms with van der Waals surface area (Å²) in [7, 11) is 2.11. The number of benzene rings is 1. The number of hydrogen-bond acceptors (Lipinski definition) is 2. The second-order valence-corrected chi connectivity index (χ2v) is 6.67. The Labute approximate surface area is 126 Å². The monoisotopic (exact) mass is 341 g/mol. The molecule has 1 nitrogen and oxygen atoms in total. The summed E-state index contributed by atoms with van der Waals surface area (Å²) in [6.07, 6.45) is 1.05. The van der Waals surface area contributed by atoms with Gasteiger partial charge in [0.2, 0.25) is 0 Å². The van der Waals surface area contributed by atoms with Crippen molar-refractivity contribution in [3.63, 3.8) is 0 Å². The van der Waals surface area contributed by atoms with Gasteiger partial charge < -0.3 is 0 Å². The molecule has 0 fully saturated rings. The molecule has 102 valence electrons. The molecule has 2 aromatic rings. The fourth-order valence-corrected chi connectivity index (χ4v) is 3.25. The maximum absolute atomic E-state index is 13.1. The van der Waals surface area contributed by atoms with Gasteiger partial charge in [-0.25, -0.2) is 4.39 Å². The smallest absolute Gasteiger partial charge is 0.124 e. The van der Waals surface area contributed by atoms with Crippen LogP contribution in [0.3, 0.4) is 0 Å². The van der Waals surface area contributed by atoms with E-state index in [9.17, 15) is 4.39 Å². The average Bonchev–Trinajstić information content (AvgIpc) is 2.85. The normalized spacial score (nSPS) is 12.9. The molecular formula is C15H17BrFNS. The van der Waals surface area contributed by atoms with E-state index < -0.39 is 0 Å². The molecule has 1 atom stereocenters. The molecule has 0 aliphatic heterocycles. The molecule has 1 aromatic carbocycles. The Hall–Kier alpha value is -0.710. The first-order valence-electron chi connectivity index (χ1n) is 6.23. The van der Waals surface area contributed by atoms with Crippen LogP contribution in [0, 0.1) is 5.82 Å². The summed E-state index contributed by atoms with van der Waals surface area (Å²) in [5, 5.41) is 2.11. The van der Waals surface area contributed by atoms with Gasteiger partial charge in [-0.3, -0.25) is 4.90 Å². The fourth-order valence-electron chi connectivity index (χ4n) is 1.95. The molecule has 1 aromatic heterocycles. The summed E-state index contributed by atoms with van der Waals surface area (Å²) in [4.78, 5) is 3.69. The van der Waals surface area contributed by atoms with Crippen LogP contribution in [-0.2, 0) is 13.0 Å². The van der Waals surface area contributed by atoms with E-state index in [1.54, 1.807) is 11.3 Å².